The van der Waals surface area contributed by atoms with Crippen molar-refractivity contribution in [2.75, 3.05) is 19.6 Å². The Morgan fingerprint density at radius 2 is 2.26 bits per heavy atom. The second kappa shape index (κ2) is 6.19. The first-order chi connectivity index (χ1) is 9.18. The van der Waals surface area contributed by atoms with E-state index in [9.17, 15) is 4.79 Å². The molecule has 19 heavy (non-hydrogen) atoms. The number of aryl methyl sites for hydroxylation is 1. The van der Waals surface area contributed by atoms with E-state index in [1.165, 1.54) is 0 Å². The summed E-state index contributed by atoms with van der Waals surface area (Å²) in [5.41, 5.74) is -0.160. The van der Waals surface area contributed by atoms with E-state index in [4.69, 9.17) is 0 Å². The fraction of sp³-hybridized carbons (Fsp3) is 0.714. The number of nitrogens with zero attached hydrogens (tertiary/aromatic N) is 2. The van der Waals surface area contributed by atoms with Gasteiger partial charge in [-0.05, 0) is 32.4 Å². The van der Waals surface area contributed by atoms with Crippen LogP contribution >= 0.6 is 0 Å². The van der Waals surface area contributed by atoms with Gasteiger partial charge >= 0.3 is 0 Å². The second-order valence-corrected chi connectivity index (χ2v) is 5.34. The first-order valence-corrected chi connectivity index (χ1v) is 7.13. The molecule has 1 saturated heterocycles. The number of amides is 1. The highest BCUT2D eigenvalue weighted by Crippen LogP contribution is 2.32. The highest BCUT2D eigenvalue weighted by Gasteiger charge is 2.37. The highest BCUT2D eigenvalue weighted by atomic mass is 16.2. The summed E-state index contributed by atoms with van der Waals surface area (Å²) in [7, 11) is 1.98. The number of imidazole rings is 1. The van der Waals surface area contributed by atoms with Gasteiger partial charge in [-0.25, -0.2) is 4.98 Å². The van der Waals surface area contributed by atoms with Crippen molar-refractivity contribution < 1.29 is 4.79 Å². The van der Waals surface area contributed by atoms with E-state index in [2.05, 4.69) is 22.5 Å². The average molecular weight is 264 g/mol. The molecule has 106 valence electrons. The Balaban J connectivity index is 1.84. The van der Waals surface area contributed by atoms with Crippen molar-refractivity contribution in [3.63, 3.8) is 0 Å². The van der Waals surface area contributed by atoms with Crippen LogP contribution in [0.5, 0.6) is 0 Å². The lowest BCUT2D eigenvalue weighted by atomic mass is 9.76. The van der Waals surface area contributed by atoms with E-state index in [1.54, 1.807) is 6.20 Å². The van der Waals surface area contributed by atoms with Crippen molar-refractivity contribution in [3.8, 4) is 0 Å². The molecule has 0 atom stereocenters. The number of piperidine rings is 1. The van der Waals surface area contributed by atoms with Crippen molar-refractivity contribution in [2.45, 2.75) is 32.6 Å². The molecule has 0 aliphatic carbocycles. The van der Waals surface area contributed by atoms with Gasteiger partial charge in [0.05, 0.1) is 5.41 Å². The van der Waals surface area contributed by atoms with Crippen LogP contribution in [-0.4, -0.2) is 35.1 Å². The number of rotatable bonds is 5. The maximum atomic E-state index is 12.4. The Kier molecular flexibility index (Phi) is 4.58. The Morgan fingerprint density at radius 3 is 2.84 bits per heavy atom. The molecule has 1 aromatic rings. The molecule has 2 heterocycles. The molecule has 1 amide bonds. The Bertz CT molecular complexity index is 421. The van der Waals surface area contributed by atoms with E-state index < -0.39 is 0 Å². The second-order valence-electron chi connectivity index (χ2n) is 5.34. The van der Waals surface area contributed by atoms with Crippen LogP contribution in [-0.2, 0) is 18.3 Å². The first-order valence-electron chi connectivity index (χ1n) is 7.13. The van der Waals surface area contributed by atoms with Crippen LogP contribution in [0.3, 0.4) is 0 Å². The molecule has 1 fully saturated rings. The lowest BCUT2D eigenvalue weighted by Gasteiger charge is -2.35. The highest BCUT2D eigenvalue weighted by molar-refractivity contribution is 5.82. The fourth-order valence-electron chi connectivity index (χ4n) is 2.76. The number of carbonyl (C=O) groups is 1. The first kappa shape index (κ1) is 14.1. The minimum Gasteiger partial charge on any atom is -0.355 e. The number of carbonyl (C=O) groups excluding carboxylic acids is 1. The summed E-state index contributed by atoms with van der Waals surface area (Å²) in [6, 6.07) is 0. The molecule has 0 spiro atoms. The van der Waals surface area contributed by atoms with Gasteiger partial charge in [0, 0.05) is 32.4 Å². The average Bonchev–Trinajstić information content (AvgIpc) is 2.85. The fourth-order valence-corrected chi connectivity index (χ4v) is 2.76. The van der Waals surface area contributed by atoms with Gasteiger partial charge in [-0.15, -0.1) is 0 Å². The largest absolute Gasteiger partial charge is 0.355 e. The third-order valence-corrected chi connectivity index (χ3v) is 4.27. The van der Waals surface area contributed by atoms with E-state index >= 15 is 0 Å². The van der Waals surface area contributed by atoms with Gasteiger partial charge in [-0.3, -0.25) is 4.79 Å². The molecule has 1 aliphatic heterocycles. The molecule has 5 heteroatoms. The summed E-state index contributed by atoms with van der Waals surface area (Å²) in [5, 5.41) is 6.41. The van der Waals surface area contributed by atoms with Gasteiger partial charge < -0.3 is 15.2 Å². The van der Waals surface area contributed by atoms with Crippen LogP contribution in [0.4, 0.5) is 0 Å². The third kappa shape index (κ3) is 3.15. The van der Waals surface area contributed by atoms with E-state index in [0.29, 0.717) is 6.54 Å². The minimum atomic E-state index is -0.160. The standard InChI is InChI=1S/C14H24N4O/c1-3-14(5-8-15-9-6-14)13(19)17-7-4-12-16-10-11-18(12)2/h10-11,15H,3-9H2,1-2H3,(H,17,19). The molecular formula is C14H24N4O. The summed E-state index contributed by atoms with van der Waals surface area (Å²) in [6.07, 6.45) is 7.31. The molecule has 0 radical (unpaired) electrons. The van der Waals surface area contributed by atoms with Crippen LogP contribution in [0.15, 0.2) is 12.4 Å². The van der Waals surface area contributed by atoms with E-state index in [0.717, 1.165) is 44.6 Å². The SMILES string of the molecule is CCC1(C(=O)NCCc2nccn2C)CCNCC1. The van der Waals surface area contributed by atoms with Crippen molar-refractivity contribution in [1.82, 2.24) is 20.2 Å². The quantitative estimate of drug-likeness (QED) is 0.829. The van der Waals surface area contributed by atoms with Crippen LogP contribution < -0.4 is 10.6 Å². The summed E-state index contributed by atoms with van der Waals surface area (Å²) >= 11 is 0. The third-order valence-electron chi connectivity index (χ3n) is 4.27. The Hall–Kier alpha value is -1.36. The molecule has 0 aromatic carbocycles. The zero-order chi connectivity index (χ0) is 13.7. The predicted molar refractivity (Wildman–Crippen MR) is 74.7 cm³/mol. The molecule has 0 bridgehead atoms. The number of hydrogen-bond donors (Lipinski definition) is 2. The number of nitrogens with one attached hydrogen (secondary N) is 2. The van der Waals surface area contributed by atoms with Gasteiger partial charge in [0.15, 0.2) is 0 Å². The van der Waals surface area contributed by atoms with Crippen LogP contribution in [0.2, 0.25) is 0 Å². The van der Waals surface area contributed by atoms with Crippen molar-refractivity contribution >= 4 is 5.91 Å². The smallest absolute Gasteiger partial charge is 0.226 e. The van der Waals surface area contributed by atoms with Gasteiger partial charge in [-0.1, -0.05) is 6.92 Å². The minimum absolute atomic E-state index is 0.160. The Labute approximate surface area is 114 Å². The normalized spacial score (nSPS) is 18.2. The Morgan fingerprint density at radius 1 is 1.53 bits per heavy atom. The molecular weight excluding hydrogens is 240 g/mol. The summed E-state index contributed by atoms with van der Waals surface area (Å²) in [4.78, 5) is 16.7. The lowest BCUT2D eigenvalue weighted by Crippen LogP contribution is -2.47. The molecule has 5 nitrogen and oxygen atoms in total. The van der Waals surface area contributed by atoms with Gasteiger partial charge in [0.1, 0.15) is 5.82 Å². The van der Waals surface area contributed by atoms with Crippen LogP contribution in [0, 0.1) is 5.41 Å². The molecule has 2 N–H and O–H groups in total. The monoisotopic (exact) mass is 264 g/mol. The predicted octanol–water partition coefficient (Wildman–Crippen LogP) is 0.859. The molecule has 0 unspecified atom stereocenters. The maximum Gasteiger partial charge on any atom is 0.226 e. The van der Waals surface area contributed by atoms with Gasteiger partial charge in [0.2, 0.25) is 5.91 Å². The van der Waals surface area contributed by atoms with Crippen LogP contribution in [0.1, 0.15) is 32.0 Å². The molecule has 1 aromatic heterocycles. The summed E-state index contributed by atoms with van der Waals surface area (Å²) in [5.74, 6) is 1.22. The summed E-state index contributed by atoms with van der Waals surface area (Å²) < 4.78 is 1.99. The maximum absolute atomic E-state index is 12.4. The topological polar surface area (TPSA) is 59.0 Å². The van der Waals surface area contributed by atoms with Gasteiger partial charge in [-0.2, -0.15) is 0 Å². The van der Waals surface area contributed by atoms with Gasteiger partial charge in [0.25, 0.3) is 0 Å². The molecule has 1 aliphatic rings. The van der Waals surface area contributed by atoms with E-state index in [1.807, 2.05) is 17.8 Å². The zero-order valence-electron chi connectivity index (χ0n) is 11.9. The number of hydrogen-bond acceptors (Lipinski definition) is 3. The van der Waals surface area contributed by atoms with Crippen molar-refractivity contribution in [3.05, 3.63) is 18.2 Å². The van der Waals surface area contributed by atoms with E-state index in [-0.39, 0.29) is 11.3 Å². The lowest BCUT2D eigenvalue weighted by molar-refractivity contribution is -0.132. The zero-order valence-corrected chi connectivity index (χ0v) is 11.9. The van der Waals surface area contributed by atoms with Crippen LogP contribution in [0.25, 0.3) is 0 Å². The molecule has 2 rings (SSSR count). The number of aromatic nitrogens is 2. The summed E-state index contributed by atoms with van der Waals surface area (Å²) in [6.45, 7) is 4.67. The van der Waals surface area contributed by atoms with Crippen molar-refractivity contribution in [2.24, 2.45) is 12.5 Å². The molecule has 0 saturated carbocycles. The van der Waals surface area contributed by atoms with Crippen molar-refractivity contribution in [1.29, 1.82) is 0 Å².